The second kappa shape index (κ2) is 6.85. The highest BCUT2D eigenvalue weighted by Crippen LogP contribution is 2.38. The van der Waals surface area contributed by atoms with E-state index in [-0.39, 0.29) is 11.8 Å². The molecule has 1 aliphatic heterocycles. The van der Waals surface area contributed by atoms with Crippen LogP contribution in [-0.2, 0) is 4.74 Å². The fraction of sp³-hybridized carbons (Fsp3) is 0.176. The quantitative estimate of drug-likeness (QED) is 0.847. The lowest BCUT2D eigenvalue weighted by Gasteiger charge is -2.09. The van der Waals surface area contributed by atoms with Crippen LogP contribution in [0, 0.1) is 0 Å². The number of hydrogen-bond donors (Lipinski definition) is 2. The van der Waals surface area contributed by atoms with Gasteiger partial charge < -0.3 is 15.4 Å². The fourth-order valence-electron chi connectivity index (χ4n) is 2.28. The molecule has 2 amide bonds. The van der Waals surface area contributed by atoms with E-state index in [1.54, 1.807) is 25.3 Å². The van der Waals surface area contributed by atoms with Gasteiger partial charge in [0.1, 0.15) is 0 Å². The number of nitrogens with one attached hydrogen (secondary N) is 2. The largest absolute Gasteiger partial charge is 0.383 e. The van der Waals surface area contributed by atoms with Crippen molar-refractivity contribution in [1.82, 2.24) is 5.32 Å². The third kappa shape index (κ3) is 3.38. The molecule has 0 aliphatic carbocycles. The van der Waals surface area contributed by atoms with Gasteiger partial charge in [-0.05, 0) is 30.3 Å². The Morgan fingerprint density at radius 1 is 1.22 bits per heavy atom. The van der Waals surface area contributed by atoms with E-state index in [1.807, 2.05) is 24.3 Å². The smallest absolute Gasteiger partial charge is 0.256 e. The Hall–Kier alpha value is -2.31. The van der Waals surface area contributed by atoms with Gasteiger partial charge in [-0.1, -0.05) is 23.9 Å². The molecule has 0 bridgehead atoms. The Labute approximate surface area is 138 Å². The molecular weight excluding hydrogens is 312 g/mol. The lowest BCUT2D eigenvalue weighted by Crippen LogP contribution is -2.27. The zero-order valence-electron chi connectivity index (χ0n) is 12.6. The number of carbonyl (C=O) groups is 2. The molecule has 2 aromatic carbocycles. The standard InChI is InChI=1S/C17H16N2O3S/c1-22-9-8-18-16(20)11-6-7-15-13(10-11)19-17(21)12-4-2-3-5-14(12)23-15/h2-7,10H,8-9H2,1H3,(H,18,20)(H,19,21). The Balaban J connectivity index is 1.86. The molecule has 0 fully saturated rings. The average molecular weight is 328 g/mol. The molecule has 23 heavy (non-hydrogen) atoms. The van der Waals surface area contributed by atoms with Crippen molar-refractivity contribution < 1.29 is 14.3 Å². The summed E-state index contributed by atoms with van der Waals surface area (Å²) in [4.78, 5) is 26.2. The van der Waals surface area contributed by atoms with Gasteiger partial charge in [-0.25, -0.2) is 0 Å². The Morgan fingerprint density at radius 3 is 2.87 bits per heavy atom. The number of benzene rings is 2. The molecule has 2 aromatic rings. The van der Waals surface area contributed by atoms with Crippen LogP contribution in [0.1, 0.15) is 20.7 Å². The van der Waals surface area contributed by atoms with Crippen molar-refractivity contribution in [3.8, 4) is 0 Å². The molecule has 0 spiro atoms. The molecule has 1 aliphatic rings. The van der Waals surface area contributed by atoms with E-state index in [4.69, 9.17) is 4.74 Å². The van der Waals surface area contributed by atoms with E-state index < -0.39 is 0 Å². The minimum absolute atomic E-state index is 0.163. The van der Waals surface area contributed by atoms with Gasteiger partial charge in [0.2, 0.25) is 0 Å². The van der Waals surface area contributed by atoms with Crippen LogP contribution in [0.2, 0.25) is 0 Å². The number of carbonyl (C=O) groups excluding carboxylic acids is 2. The number of methoxy groups -OCH3 is 1. The number of ether oxygens (including phenoxy) is 1. The first-order chi connectivity index (χ1) is 11.2. The molecular formula is C17H16N2O3S. The maximum Gasteiger partial charge on any atom is 0.256 e. The molecule has 3 rings (SSSR count). The van der Waals surface area contributed by atoms with E-state index >= 15 is 0 Å². The summed E-state index contributed by atoms with van der Waals surface area (Å²) in [7, 11) is 1.58. The van der Waals surface area contributed by atoms with Gasteiger partial charge in [-0.3, -0.25) is 9.59 Å². The number of amides is 2. The lowest BCUT2D eigenvalue weighted by molar-refractivity contribution is 0.0936. The first-order valence-electron chi connectivity index (χ1n) is 7.18. The highest BCUT2D eigenvalue weighted by Gasteiger charge is 2.20. The van der Waals surface area contributed by atoms with Crippen molar-refractivity contribution in [2.45, 2.75) is 9.79 Å². The van der Waals surface area contributed by atoms with Gasteiger partial charge in [0, 0.05) is 29.0 Å². The van der Waals surface area contributed by atoms with Crippen molar-refractivity contribution in [2.24, 2.45) is 0 Å². The van der Waals surface area contributed by atoms with Crippen LogP contribution in [0.25, 0.3) is 0 Å². The third-order valence-corrected chi connectivity index (χ3v) is 4.59. The molecule has 1 heterocycles. The fourth-order valence-corrected chi connectivity index (χ4v) is 3.29. The number of hydrogen-bond acceptors (Lipinski definition) is 4. The van der Waals surface area contributed by atoms with E-state index in [1.165, 1.54) is 11.8 Å². The number of anilines is 1. The van der Waals surface area contributed by atoms with Gasteiger partial charge in [0.05, 0.1) is 17.9 Å². The summed E-state index contributed by atoms with van der Waals surface area (Å²) in [5.74, 6) is -0.352. The van der Waals surface area contributed by atoms with Gasteiger partial charge in [0.15, 0.2) is 0 Å². The summed E-state index contributed by atoms with van der Waals surface area (Å²) >= 11 is 1.51. The minimum Gasteiger partial charge on any atom is -0.383 e. The summed E-state index contributed by atoms with van der Waals surface area (Å²) < 4.78 is 4.91. The summed E-state index contributed by atoms with van der Waals surface area (Å²) in [5, 5.41) is 5.64. The Morgan fingerprint density at radius 2 is 2.04 bits per heavy atom. The molecule has 0 saturated carbocycles. The van der Waals surface area contributed by atoms with Crippen molar-refractivity contribution >= 4 is 29.3 Å². The molecule has 0 atom stereocenters. The van der Waals surface area contributed by atoms with Crippen molar-refractivity contribution in [3.05, 3.63) is 53.6 Å². The maximum atomic E-state index is 12.3. The highest BCUT2D eigenvalue weighted by molar-refractivity contribution is 7.99. The van der Waals surface area contributed by atoms with Crippen molar-refractivity contribution in [3.63, 3.8) is 0 Å². The molecule has 0 unspecified atom stereocenters. The predicted octanol–water partition coefficient (Wildman–Crippen LogP) is 2.78. The van der Waals surface area contributed by atoms with Crippen LogP contribution in [0.5, 0.6) is 0 Å². The van der Waals surface area contributed by atoms with Gasteiger partial charge in [-0.15, -0.1) is 0 Å². The van der Waals surface area contributed by atoms with Crippen molar-refractivity contribution in [1.29, 1.82) is 0 Å². The second-order valence-electron chi connectivity index (χ2n) is 5.01. The minimum atomic E-state index is -0.189. The van der Waals surface area contributed by atoms with E-state index in [2.05, 4.69) is 10.6 Å². The van der Waals surface area contributed by atoms with E-state index in [0.29, 0.717) is 30.0 Å². The first kappa shape index (κ1) is 15.6. The molecule has 118 valence electrons. The molecule has 0 radical (unpaired) electrons. The number of rotatable bonds is 4. The monoisotopic (exact) mass is 328 g/mol. The van der Waals surface area contributed by atoms with E-state index in [9.17, 15) is 9.59 Å². The van der Waals surface area contributed by atoms with Crippen LogP contribution in [-0.4, -0.2) is 32.1 Å². The van der Waals surface area contributed by atoms with Crippen LogP contribution >= 0.6 is 11.8 Å². The SMILES string of the molecule is COCCNC(=O)c1ccc2c(c1)NC(=O)c1ccccc1S2. The lowest BCUT2D eigenvalue weighted by atomic mass is 10.1. The zero-order chi connectivity index (χ0) is 16.2. The van der Waals surface area contributed by atoms with Gasteiger partial charge >= 0.3 is 0 Å². The molecule has 0 saturated heterocycles. The summed E-state index contributed by atoms with van der Waals surface area (Å²) in [6, 6.07) is 12.8. The Kier molecular flexibility index (Phi) is 4.64. The normalized spacial score (nSPS) is 12.7. The first-order valence-corrected chi connectivity index (χ1v) is 8.00. The van der Waals surface area contributed by atoms with Crippen molar-refractivity contribution in [2.75, 3.05) is 25.6 Å². The predicted molar refractivity (Wildman–Crippen MR) is 89.2 cm³/mol. The second-order valence-corrected chi connectivity index (χ2v) is 6.10. The Bertz CT molecular complexity index is 761. The summed E-state index contributed by atoms with van der Waals surface area (Å²) in [6.07, 6.45) is 0. The average Bonchev–Trinajstić information content (AvgIpc) is 2.70. The number of fused-ring (bicyclic) bond motifs is 2. The topological polar surface area (TPSA) is 67.4 Å². The zero-order valence-corrected chi connectivity index (χ0v) is 13.4. The summed E-state index contributed by atoms with van der Waals surface area (Å²) in [5.41, 5.74) is 1.79. The molecule has 0 aromatic heterocycles. The molecule has 5 nitrogen and oxygen atoms in total. The van der Waals surface area contributed by atoms with E-state index in [0.717, 1.165) is 9.79 Å². The third-order valence-electron chi connectivity index (χ3n) is 3.43. The van der Waals surface area contributed by atoms with Gasteiger partial charge in [-0.2, -0.15) is 0 Å². The van der Waals surface area contributed by atoms with Crippen LogP contribution in [0.3, 0.4) is 0 Å². The van der Waals surface area contributed by atoms with Crippen LogP contribution in [0.15, 0.2) is 52.3 Å². The van der Waals surface area contributed by atoms with Crippen LogP contribution in [0.4, 0.5) is 5.69 Å². The van der Waals surface area contributed by atoms with Gasteiger partial charge in [0.25, 0.3) is 11.8 Å². The highest BCUT2D eigenvalue weighted by atomic mass is 32.2. The maximum absolute atomic E-state index is 12.3. The summed E-state index contributed by atoms with van der Waals surface area (Å²) in [6.45, 7) is 0.900. The molecule has 6 heteroatoms. The van der Waals surface area contributed by atoms with Crippen LogP contribution < -0.4 is 10.6 Å². The molecule has 2 N–H and O–H groups in total.